The first-order chi connectivity index (χ1) is 12.2. The van der Waals surface area contributed by atoms with Crippen LogP contribution in [0.25, 0.3) is 0 Å². The second-order valence-electron chi connectivity index (χ2n) is 5.68. The number of methoxy groups -OCH3 is 1. The molecule has 8 nitrogen and oxygen atoms in total. The zero-order chi connectivity index (χ0) is 19.9. The molecule has 0 saturated heterocycles. The summed E-state index contributed by atoms with van der Waals surface area (Å²) in [5.74, 6) is -1.10. The summed E-state index contributed by atoms with van der Waals surface area (Å²) in [5.41, 5.74) is 0.124. The number of benzene rings is 1. The van der Waals surface area contributed by atoms with Crippen LogP contribution in [0, 0.1) is 0 Å². The second-order valence-corrected chi connectivity index (χ2v) is 7.61. The van der Waals surface area contributed by atoms with Crippen LogP contribution >= 0.6 is 0 Å². The molecular weight excluding hydrogens is 360 g/mol. The molecule has 9 heteroatoms. The Kier molecular flexibility index (Phi) is 8.04. The van der Waals surface area contributed by atoms with Gasteiger partial charge in [0, 0.05) is 33.1 Å². The van der Waals surface area contributed by atoms with Gasteiger partial charge < -0.3 is 14.7 Å². The maximum atomic E-state index is 12.7. The Morgan fingerprint density at radius 3 is 2.31 bits per heavy atom. The van der Waals surface area contributed by atoms with E-state index in [1.54, 1.807) is 13.8 Å². The number of carbonyl (C=O) groups is 2. The van der Waals surface area contributed by atoms with Crippen molar-refractivity contribution in [2.75, 3.05) is 33.8 Å². The summed E-state index contributed by atoms with van der Waals surface area (Å²) in [7, 11) is -0.772. The number of carboxylic acids is 1. The predicted molar refractivity (Wildman–Crippen MR) is 96.9 cm³/mol. The molecular formula is C17H26N2O6S. The van der Waals surface area contributed by atoms with E-state index in [9.17, 15) is 18.0 Å². The Balaban J connectivity index is 3.17. The van der Waals surface area contributed by atoms with Gasteiger partial charge in [0.25, 0.3) is 5.91 Å². The Hall–Kier alpha value is -2.13. The van der Waals surface area contributed by atoms with Crippen molar-refractivity contribution in [3.05, 3.63) is 23.8 Å². The average Bonchev–Trinajstić information content (AvgIpc) is 2.60. The van der Waals surface area contributed by atoms with Gasteiger partial charge in [0.05, 0.1) is 17.6 Å². The van der Waals surface area contributed by atoms with Gasteiger partial charge in [-0.2, -0.15) is 4.31 Å². The molecule has 1 aromatic carbocycles. The van der Waals surface area contributed by atoms with E-state index in [0.717, 1.165) is 0 Å². The fraction of sp³-hybridized carbons (Fsp3) is 0.529. The van der Waals surface area contributed by atoms with Gasteiger partial charge in [0.1, 0.15) is 5.75 Å². The van der Waals surface area contributed by atoms with Gasteiger partial charge in [0.15, 0.2) is 0 Å². The highest BCUT2D eigenvalue weighted by atomic mass is 32.2. The molecule has 0 bridgehead atoms. The molecule has 0 aliphatic carbocycles. The first-order valence-electron chi connectivity index (χ1n) is 8.34. The summed E-state index contributed by atoms with van der Waals surface area (Å²) in [5, 5.41) is 8.69. The molecule has 0 unspecified atom stereocenters. The van der Waals surface area contributed by atoms with E-state index in [-0.39, 0.29) is 29.2 Å². The molecule has 0 fully saturated rings. The molecule has 0 heterocycles. The normalized spacial score (nSPS) is 11.4. The first kappa shape index (κ1) is 21.9. The first-order valence-corrected chi connectivity index (χ1v) is 9.78. The summed E-state index contributed by atoms with van der Waals surface area (Å²) in [4.78, 5) is 24.7. The summed E-state index contributed by atoms with van der Waals surface area (Å²) < 4.78 is 31.9. The lowest BCUT2D eigenvalue weighted by molar-refractivity contribution is -0.137. The lowest BCUT2D eigenvalue weighted by atomic mass is 10.1. The minimum atomic E-state index is -3.71. The molecule has 0 aliphatic rings. The zero-order valence-electron chi connectivity index (χ0n) is 15.6. The number of rotatable bonds is 10. The van der Waals surface area contributed by atoms with Crippen molar-refractivity contribution in [1.82, 2.24) is 9.21 Å². The van der Waals surface area contributed by atoms with Crippen LogP contribution in [0.3, 0.4) is 0 Å². The van der Waals surface area contributed by atoms with E-state index in [4.69, 9.17) is 9.84 Å². The molecule has 0 aromatic heterocycles. The highest BCUT2D eigenvalue weighted by molar-refractivity contribution is 7.89. The van der Waals surface area contributed by atoms with Crippen LogP contribution in [0.2, 0.25) is 0 Å². The maximum Gasteiger partial charge on any atom is 0.303 e. The summed E-state index contributed by atoms with van der Waals surface area (Å²) in [6.45, 7) is 4.37. The average molecular weight is 386 g/mol. The highest BCUT2D eigenvalue weighted by Gasteiger charge is 2.25. The van der Waals surface area contributed by atoms with E-state index >= 15 is 0 Å². The van der Waals surface area contributed by atoms with Gasteiger partial charge in [-0.15, -0.1) is 0 Å². The van der Waals surface area contributed by atoms with E-state index in [1.165, 1.54) is 41.6 Å². The van der Waals surface area contributed by atoms with E-state index in [2.05, 4.69) is 0 Å². The van der Waals surface area contributed by atoms with Crippen molar-refractivity contribution in [3.8, 4) is 5.75 Å². The smallest absolute Gasteiger partial charge is 0.303 e. The lowest BCUT2D eigenvalue weighted by Gasteiger charge is -2.21. The molecule has 0 aliphatic heterocycles. The number of hydrogen-bond donors (Lipinski definition) is 1. The number of sulfonamides is 1. The Labute approximate surface area is 154 Å². The van der Waals surface area contributed by atoms with Gasteiger partial charge in [-0.25, -0.2) is 8.42 Å². The minimum Gasteiger partial charge on any atom is -0.496 e. The largest absolute Gasteiger partial charge is 0.496 e. The lowest BCUT2D eigenvalue weighted by Crippen LogP contribution is -2.31. The molecule has 1 aromatic rings. The quantitative estimate of drug-likeness (QED) is 0.656. The predicted octanol–water partition coefficient (Wildman–Crippen LogP) is 1.66. The Bertz CT molecular complexity index is 744. The van der Waals surface area contributed by atoms with Crippen molar-refractivity contribution in [2.24, 2.45) is 0 Å². The van der Waals surface area contributed by atoms with Crippen LogP contribution in [-0.4, -0.2) is 68.4 Å². The van der Waals surface area contributed by atoms with Gasteiger partial charge in [0.2, 0.25) is 10.0 Å². The molecule has 1 N–H and O–H groups in total. The molecule has 26 heavy (non-hydrogen) atoms. The van der Waals surface area contributed by atoms with Crippen molar-refractivity contribution >= 4 is 21.9 Å². The van der Waals surface area contributed by atoms with Crippen LogP contribution < -0.4 is 4.74 Å². The van der Waals surface area contributed by atoms with Crippen molar-refractivity contribution in [3.63, 3.8) is 0 Å². The van der Waals surface area contributed by atoms with Gasteiger partial charge >= 0.3 is 5.97 Å². The SMILES string of the molecule is CCN(CC)S(=O)(=O)c1ccc(OC)c(C(=O)N(C)CCCC(=O)O)c1. The van der Waals surface area contributed by atoms with E-state index in [0.29, 0.717) is 19.5 Å². The molecule has 1 rings (SSSR count). The Morgan fingerprint density at radius 1 is 1.19 bits per heavy atom. The third kappa shape index (κ3) is 5.18. The second kappa shape index (κ2) is 9.54. The topological polar surface area (TPSA) is 104 Å². The van der Waals surface area contributed by atoms with Crippen LogP contribution in [-0.2, 0) is 14.8 Å². The number of nitrogens with zero attached hydrogens (tertiary/aromatic N) is 2. The fourth-order valence-electron chi connectivity index (χ4n) is 2.50. The third-order valence-electron chi connectivity index (χ3n) is 3.98. The highest BCUT2D eigenvalue weighted by Crippen LogP contribution is 2.25. The number of amides is 1. The van der Waals surface area contributed by atoms with Crippen LogP contribution in [0.15, 0.2) is 23.1 Å². The van der Waals surface area contributed by atoms with Crippen molar-refractivity contribution in [1.29, 1.82) is 0 Å². The minimum absolute atomic E-state index is 0.0179. The number of ether oxygens (including phenoxy) is 1. The van der Waals surface area contributed by atoms with Crippen molar-refractivity contribution < 1.29 is 27.9 Å². The van der Waals surface area contributed by atoms with Crippen molar-refractivity contribution in [2.45, 2.75) is 31.6 Å². The molecule has 146 valence electrons. The standard InChI is InChI=1S/C17H26N2O6S/c1-5-19(6-2)26(23,24)13-9-10-15(25-4)14(12-13)17(22)18(3)11-7-8-16(20)21/h9-10,12H,5-8,11H2,1-4H3,(H,20,21). The van der Waals surface area contributed by atoms with Gasteiger partial charge in [-0.3, -0.25) is 9.59 Å². The van der Waals surface area contributed by atoms with Crippen LogP contribution in [0.1, 0.15) is 37.0 Å². The Morgan fingerprint density at radius 2 is 1.81 bits per heavy atom. The van der Waals surface area contributed by atoms with Crippen LogP contribution in [0.4, 0.5) is 0 Å². The third-order valence-corrected chi connectivity index (χ3v) is 6.02. The summed E-state index contributed by atoms with van der Waals surface area (Å²) in [6, 6.07) is 4.17. The molecule has 0 atom stereocenters. The van der Waals surface area contributed by atoms with E-state index < -0.39 is 21.9 Å². The monoisotopic (exact) mass is 386 g/mol. The maximum absolute atomic E-state index is 12.7. The summed E-state index contributed by atoms with van der Waals surface area (Å²) in [6.07, 6.45) is 0.252. The molecule has 0 radical (unpaired) electrons. The fourth-order valence-corrected chi connectivity index (χ4v) is 3.99. The number of carbonyl (C=O) groups excluding carboxylic acids is 1. The zero-order valence-corrected chi connectivity index (χ0v) is 16.4. The molecule has 0 saturated carbocycles. The van der Waals surface area contributed by atoms with E-state index in [1.807, 2.05) is 0 Å². The molecule has 0 spiro atoms. The van der Waals surface area contributed by atoms with Crippen LogP contribution in [0.5, 0.6) is 5.75 Å². The number of aliphatic carboxylic acids is 1. The van der Waals surface area contributed by atoms with Gasteiger partial charge in [-0.05, 0) is 24.6 Å². The van der Waals surface area contributed by atoms with Gasteiger partial charge in [-0.1, -0.05) is 13.8 Å². The molecule has 1 amide bonds. The number of hydrogen-bond acceptors (Lipinski definition) is 5. The summed E-state index contributed by atoms with van der Waals surface area (Å²) >= 11 is 0. The number of carboxylic acid groups (broad SMARTS) is 1.